The van der Waals surface area contributed by atoms with E-state index >= 15 is 0 Å². The molecule has 0 aliphatic heterocycles. The average molecular weight is 119 g/mol. The van der Waals surface area contributed by atoms with Crippen LogP contribution in [0, 0.1) is 5.41 Å². The van der Waals surface area contributed by atoms with Crippen LogP contribution in [0.2, 0.25) is 0 Å². The summed E-state index contributed by atoms with van der Waals surface area (Å²) in [5, 5.41) is 5.23. The molecule has 2 heteroatoms. The maximum Gasteiger partial charge on any atom is 0.0125 e. The van der Waals surface area contributed by atoms with E-state index in [1.807, 2.05) is 0 Å². The van der Waals surface area contributed by atoms with Crippen LogP contribution in [0.25, 0.3) is 0 Å². The number of nitrogens with two attached hydrogens (primary N) is 1. The van der Waals surface area contributed by atoms with Gasteiger partial charge in [-0.3, -0.25) is 5.14 Å². The van der Waals surface area contributed by atoms with Crippen LogP contribution in [0.5, 0.6) is 0 Å². The molecule has 0 aromatic carbocycles. The van der Waals surface area contributed by atoms with Crippen molar-refractivity contribution in [2.75, 3.05) is 5.75 Å². The normalized spacial score (nSPS) is 12.0. The highest BCUT2D eigenvalue weighted by Gasteiger charge is 2.07. The fraction of sp³-hybridized carbons (Fsp3) is 1.00. The predicted molar refractivity (Wildman–Crippen MR) is 36.1 cm³/mol. The minimum atomic E-state index is 0.388. The van der Waals surface area contributed by atoms with Gasteiger partial charge in [-0.05, 0) is 5.41 Å². The molecule has 0 fully saturated rings. The van der Waals surface area contributed by atoms with Gasteiger partial charge >= 0.3 is 0 Å². The second-order valence-corrected chi connectivity index (χ2v) is 3.49. The summed E-state index contributed by atoms with van der Waals surface area (Å²) in [6.07, 6.45) is 0. The van der Waals surface area contributed by atoms with E-state index in [0.29, 0.717) is 5.41 Å². The van der Waals surface area contributed by atoms with Crippen molar-refractivity contribution in [1.82, 2.24) is 0 Å². The van der Waals surface area contributed by atoms with E-state index in [9.17, 15) is 0 Å². The summed E-state index contributed by atoms with van der Waals surface area (Å²) in [7, 11) is 0. The quantitative estimate of drug-likeness (QED) is 0.531. The molecule has 0 aromatic rings. The van der Waals surface area contributed by atoms with Gasteiger partial charge in [0.05, 0.1) is 0 Å². The van der Waals surface area contributed by atoms with Crippen molar-refractivity contribution in [2.45, 2.75) is 20.8 Å². The molecule has 0 saturated heterocycles. The maximum absolute atomic E-state index is 5.23. The van der Waals surface area contributed by atoms with Crippen LogP contribution >= 0.6 is 11.9 Å². The van der Waals surface area contributed by atoms with E-state index in [1.165, 1.54) is 11.9 Å². The summed E-state index contributed by atoms with van der Waals surface area (Å²) in [6, 6.07) is 0. The molecule has 0 bridgehead atoms. The van der Waals surface area contributed by atoms with Crippen LogP contribution in [-0.4, -0.2) is 5.75 Å². The van der Waals surface area contributed by atoms with Crippen LogP contribution in [0.3, 0.4) is 0 Å². The standard InChI is InChI=1S/C5H13NS/c1-5(2,3)4-7-6/h4,6H2,1-3H3. The number of hydrogen-bond acceptors (Lipinski definition) is 2. The monoisotopic (exact) mass is 119 g/mol. The summed E-state index contributed by atoms with van der Waals surface area (Å²) in [4.78, 5) is 0. The van der Waals surface area contributed by atoms with E-state index in [0.717, 1.165) is 5.75 Å². The second-order valence-electron chi connectivity index (χ2n) is 2.87. The van der Waals surface area contributed by atoms with Crippen molar-refractivity contribution >= 4 is 11.9 Å². The van der Waals surface area contributed by atoms with Gasteiger partial charge in [-0.15, -0.1) is 0 Å². The van der Waals surface area contributed by atoms with E-state index in [4.69, 9.17) is 5.14 Å². The molecule has 0 aliphatic rings. The van der Waals surface area contributed by atoms with Crippen LogP contribution in [-0.2, 0) is 0 Å². The molecule has 0 aliphatic carbocycles. The van der Waals surface area contributed by atoms with Crippen LogP contribution in [0.15, 0.2) is 0 Å². The van der Waals surface area contributed by atoms with Gasteiger partial charge in [0.15, 0.2) is 0 Å². The number of hydrogen-bond donors (Lipinski definition) is 1. The van der Waals surface area contributed by atoms with E-state index < -0.39 is 0 Å². The zero-order chi connectivity index (χ0) is 5.91. The Bertz CT molecular complexity index is 46.5. The molecule has 0 atom stereocenters. The van der Waals surface area contributed by atoms with E-state index in [1.54, 1.807) is 0 Å². The Morgan fingerprint density at radius 2 is 1.86 bits per heavy atom. The maximum atomic E-state index is 5.23. The minimum absolute atomic E-state index is 0.388. The third-order valence-electron chi connectivity index (χ3n) is 0.516. The first-order valence-corrected chi connectivity index (χ1v) is 3.43. The molecule has 0 saturated carbocycles. The molecule has 0 aromatic heterocycles. The van der Waals surface area contributed by atoms with Crippen LogP contribution in [0.1, 0.15) is 20.8 Å². The molecule has 0 heterocycles. The Labute approximate surface area is 49.8 Å². The van der Waals surface area contributed by atoms with Crippen molar-refractivity contribution < 1.29 is 0 Å². The lowest BCUT2D eigenvalue weighted by Gasteiger charge is -2.14. The molecule has 0 spiro atoms. The lowest BCUT2D eigenvalue weighted by atomic mass is 10.0. The molecule has 0 amide bonds. The highest BCUT2D eigenvalue weighted by molar-refractivity contribution is 7.97. The Balaban J connectivity index is 3.15. The Kier molecular flexibility index (Phi) is 2.69. The van der Waals surface area contributed by atoms with Gasteiger partial charge in [0.2, 0.25) is 0 Å². The minimum Gasteiger partial charge on any atom is -0.278 e. The van der Waals surface area contributed by atoms with Crippen LogP contribution in [0.4, 0.5) is 0 Å². The Hall–Kier alpha value is 0.310. The topological polar surface area (TPSA) is 26.0 Å². The molecule has 2 N–H and O–H groups in total. The summed E-state index contributed by atoms with van der Waals surface area (Å²) >= 11 is 1.41. The SMILES string of the molecule is CC(C)(C)CSN. The molecular formula is C5H13NS. The van der Waals surface area contributed by atoms with E-state index in [-0.39, 0.29) is 0 Å². The molecule has 0 unspecified atom stereocenters. The first kappa shape index (κ1) is 7.31. The van der Waals surface area contributed by atoms with Gasteiger partial charge in [0.1, 0.15) is 0 Å². The summed E-state index contributed by atoms with van der Waals surface area (Å²) < 4.78 is 0. The number of rotatable bonds is 1. The lowest BCUT2D eigenvalue weighted by Crippen LogP contribution is -2.09. The summed E-state index contributed by atoms with van der Waals surface area (Å²) in [6.45, 7) is 6.52. The lowest BCUT2D eigenvalue weighted by molar-refractivity contribution is 0.481. The van der Waals surface area contributed by atoms with Gasteiger partial charge in [-0.25, -0.2) is 0 Å². The molecule has 44 valence electrons. The molecule has 7 heavy (non-hydrogen) atoms. The van der Waals surface area contributed by atoms with Crippen molar-refractivity contribution in [3.8, 4) is 0 Å². The molecule has 0 rings (SSSR count). The zero-order valence-corrected chi connectivity index (χ0v) is 6.01. The predicted octanol–water partition coefficient (Wildman–Crippen LogP) is 1.64. The zero-order valence-electron chi connectivity index (χ0n) is 5.19. The Morgan fingerprint density at radius 1 is 1.43 bits per heavy atom. The van der Waals surface area contributed by atoms with Gasteiger partial charge in [0.25, 0.3) is 0 Å². The smallest absolute Gasteiger partial charge is 0.0125 e. The fourth-order valence-electron chi connectivity index (χ4n) is 0.250. The van der Waals surface area contributed by atoms with Crippen molar-refractivity contribution in [1.29, 1.82) is 0 Å². The summed E-state index contributed by atoms with van der Waals surface area (Å²) in [5.74, 6) is 1.03. The molecular weight excluding hydrogens is 106 g/mol. The largest absolute Gasteiger partial charge is 0.278 e. The first-order chi connectivity index (χ1) is 3.06. The molecule has 1 nitrogen and oxygen atoms in total. The van der Waals surface area contributed by atoms with Gasteiger partial charge in [-0.1, -0.05) is 32.7 Å². The van der Waals surface area contributed by atoms with Gasteiger partial charge < -0.3 is 0 Å². The highest BCUT2D eigenvalue weighted by atomic mass is 32.2. The van der Waals surface area contributed by atoms with Crippen molar-refractivity contribution in [3.05, 3.63) is 0 Å². The van der Waals surface area contributed by atoms with Crippen LogP contribution < -0.4 is 5.14 Å². The van der Waals surface area contributed by atoms with Crippen molar-refractivity contribution in [2.24, 2.45) is 10.6 Å². The summed E-state index contributed by atoms with van der Waals surface area (Å²) in [5.41, 5.74) is 0.388. The third-order valence-corrected chi connectivity index (χ3v) is 1.55. The third kappa shape index (κ3) is 6.31. The molecule has 0 radical (unpaired) electrons. The second kappa shape index (κ2) is 2.58. The van der Waals surface area contributed by atoms with E-state index in [2.05, 4.69) is 20.8 Å². The first-order valence-electron chi connectivity index (χ1n) is 2.38. The Morgan fingerprint density at radius 3 is 1.86 bits per heavy atom. The average Bonchev–Trinajstić information content (AvgIpc) is 1.30. The fourth-order valence-corrected chi connectivity index (χ4v) is 0.750. The van der Waals surface area contributed by atoms with Crippen molar-refractivity contribution in [3.63, 3.8) is 0 Å². The van der Waals surface area contributed by atoms with Gasteiger partial charge in [0, 0.05) is 5.75 Å². The van der Waals surface area contributed by atoms with Gasteiger partial charge in [-0.2, -0.15) is 0 Å². The highest BCUT2D eigenvalue weighted by Crippen LogP contribution is 2.16.